The average Bonchev–Trinajstić information content (AvgIpc) is 2.99. The fourth-order valence-electron chi connectivity index (χ4n) is 3.21. The van der Waals surface area contributed by atoms with E-state index in [0.717, 1.165) is 31.8 Å². The van der Waals surface area contributed by atoms with E-state index in [1.54, 1.807) is 6.08 Å². The van der Waals surface area contributed by atoms with Crippen LogP contribution in [0.5, 0.6) is 0 Å². The van der Waals surface area contributed by atoms with E-state index in [1.807, 2.05) is 0 Å². The van der Waals surface area contributed by atoms with E-state index >= 15 is 0 Å². The molecule has 0 aromatic heterocycles. The highest BCUT2D eigenvalue weighted by atomic mass is 16.1. The first kappa shape index (κ1) is 13.6. The number of likely N-dealkylation sites (tertiary alicyclic amines) is 1. The van der Waals surface area contributed by atoms with E-state index in [0.29, 0.717) is 12.5 Å². The van der Waals surface area contributed by atoms with Gasteiger partial charge in [-0.05, 0) is 31.6 Å². The van der Waals surface area contributed by atoms with Crippen LogP contribution in [0, 0.1) is 5.92 Å². The first-order chi connectivity index (χ1) is 8.78. The highest BCUT2D eigenvalue weighted by Crippen LogP contribution is 2.26. The van der Waals surface area contributed by atoms with Gasteiger partial charge in [0.25, 0.3) is 0 Å². The molecule has 0 aromatic carbocycles. The summed E-state index contributed by atoms with van der Waals surface area (Å²) in [7, 11) is 0. The Labute approximate surface area is 111 Å². The molecular weight excluding hydrogens is 224 g/mol. The molecule has 0 bridgehead atoms. The summed E-state index contributed by atoms with van der Waals surface area (Å²) in [6, 6.07) is 0.378. The minimum atomic E-state index is 0.183. The monoisotopic (exact) mass is 250 g/mol. The summed E-state index contributed by atoms with van der Waals surface area (Å²) in [5.74, 6) is 1.10. The summed E-state index contributed by atoms with van der Waals surface area (Å²) < 4.78 is 0. The zero-order chi connectivity index (χ0) is 12.8. The van der Waals surface area contributed by atoms with Crippen LogP contribution < -0.4 is 5.32 Å². The van der Waals surface area contributed by atoms with Crippen LogP contribution in [0.1, 0.15) is 44.9 Å². The van der Waals surface area contributed by atoms with Crippen molar-refractivity contribution in [1.82, 2.24) is 10.2 Å². The standard InChI is InChI=1S/C15H26N2O/c1-2-3-8-15(18)16-14-9-10-17(12-14)11-13-6-4-5-7-13/h2,13-14H,1,3-12H2,(H,16,18)/t14-/m1/s1. The minimum absolute atomic E-state index is 0.183. The summed E-state index contributed by atoms with van der Waals surface area (Å²) in [4.78, 5) is 14.2. The summed E-state index contributed by atoms with van der Waals surface area (Å²) in [5, 5.41) is 3.14. The molecular formula is C15H26N2O. The van der Waals surface area contributed by atoms with Gasteiger partial charge in [-0.3, -0.25) is 4.79 Å². The lowest BCUT2D eigenvalue weighted by Gasteiger charge is -2.20. The van der Waals surface area contributed by atoms with Gasteiger partial charge in [0.05, 0.1) is 0 Å². The van der Waals surface area contributed by atoms with E-state index in [9.17, 15) is 4.79 Å². The van der Waals surface area contributed by atoms with Crippen LogP contribution in [0.25, 0.3) is 0 Å². The average molecular weight is 250 g/mol. The summed E-state index contributed by atoms with van der Waals surface area (Å²) in [6.07, 6.45) is 9.94. The lowest BCUT2D eigenvalue weighted by Crippen LogP contribution is -2.37. The molecule has 0 spiro atoms. The Morgan fingerprint density at radius 1 is 1.33 bits per heavy atom. The molecule has 1 aliphatic carbocycles. The fourth-order valence-corrected chi connectivity index (χ4v) is 3.21. The molecule has 0 unspecified atom stereocenters. The molecule has 1 heterocycles. The Kier molecular flexibility index (Phi) is 5.24. The molecule has 1 N–H and O–H groups in total. The highest BCUT2D eigenvalue weighted by Gasteiger charge is 2.26. The zero-order valence-corrected chi connectivity index (χ0v) is 11.4. The normalized spacial score (nSPS) is 25.4. The number of rotatable bonds is 6. The van der Waals surface area contributed by atoms with Crippen LogP contribution in [0.3, 0.4) is 0 Å². The molecule has 1 amide bonds. The fraction of sp³-hybridized carbons (Fsp3) is 0.800. The molecule has 3 heteroatoms. The number of allylic oxidation sites excluding steroid dienone is 1. The van der Waals surface area contributed by atoms with Gasteiger partial charge < -0.3 is 10.2 Å². The van der Waals surface area contributed by atoms with Crippen LogP contribution in [0.4, 0.5) is 0 Å². The number of hydrogen-bond donors (Lipinski definition) is 1. The van der Waals surface area contributed by atoms with Gasteiger partial charge in [-0.1, -0.05) is 18.9 Å². The van der Waals surface area contributed by atoms with Crippen molar-refractivity contribution >= 4 is 5.91 Å². The van der Waals surface area contributed by atoms with E-state index in [2.05, 4.69) is 16.8 Å². The first-order valence-corrected chi connectivity index (χ1v) is 7.40. The van der Waals surface area contributed by atoms with Gasteiger partial charge in [0.15, 0.2) is 0 Å². The molecule has 0 aromatic rings. The number of carbonyl (C=O) groups excluding carboxylic acids is 1. The quantitative estimate of drug-likeness (QED) is 0.734. The second kappa shape index (κ2) is 6.93. The largest absolute Gasteiger partial charge is 0.352 e. The maximum absolute atomic E-state index is 11.6. The molecule has 0 radical (unpaired) electrons. The maximum atomic E-state index is 11.6. The first-order valence-electron chi connectivity index (χ1n) is 7.40. The molecule has 2 rings (SSSR count). The molecule has 1 saturated carbocycles. The van der Waals surface area contributed by atoms with Gasteiger partial charge in [0.2, 0.25) is 5.91 Å². The Balaban J connectivity index is 1.64. The molecule has 1 aliphatic heterocycles. The highest BCUT2D eigenvalue weighted by molar-refractivity contribution is 5.76. The molecule has 18 heavy (non-hydrogen) atoms. The maximum Gasteiger partial charge on any atom is 0.220 e. The van der Waals surface area contributed by atoms with Gasteiger partial charge in [0, 0.05) is 32.1 Å². The molecule has 1 atom stereocenters. The van der Waals surface area contributed by atoms with E-state index in [4.69, 9.17) is 0 Å². The van der Waals surface area contributed by atoms with E-state index in [1.165, 1.54) is 32.2 Å². The lowest BCUT2D eigenvalue weighted by atomic mass is 10.1. The van der Waals surface area contributed by atoms with Crippen molar-refractivity contribution in [2.45, 2.75) is 51.0 Å². The Morgan fingerprint density at radius 2 is 2.11 bits per heavy atom. The topological polar surface area (TPSA) is 32.3 Å². The second-order valence-corrected chi connectivity index (χ2v) is 5.79. The van der Waals surface area contributed by atoms with Crippen molar-refractivity contribution in [3.63, 3.8) is 0 Å². The van der Waals surface area contributed by atoms with E-state index < -0.39 is 0 Å². The second-order valence-electron chi connectivity index (χ2n) is 5.79. The number of nitrogens with zero attached hydrogens (tertiary/aromatic N) is 1. The van der Waals surface area contributed by atoms with Gasteiger partial charge in [0.1, 0.15) is 0 Å². The van der Waals surface area contributed by atoms with Gasteiger partial charge >= 0.3 is 0 Å². The smallest absolute Gasteiger partial charge is 0.220 e. The summed E-state index contributed by atoms with van der Waals surface area (Å²) in [5.41, 5.74) is 0. The summed E-state index contributed by atoms with van der Waals surface area (Å²) in [6.45, 7) is 7.10. The number of nitrogens with one attached hydrogen (secondary N) is 1. The van der Waals surface area contributed by atoms with Crippen LogP contribution in [0.2, 0.25) is 0 Å². The van der Waals surface area contributed by atoms with Crippen LogP contribution in [0.15, 0.2) is 12.7 Å². The molecule has 2 fully saturated rings. The van der Waals surface area contributed by atoms with Crippen molar-refractivity contribution in [3.8, 4) is 0 Å². The molecule has 102 valence electrons. The number of amides is 1. The van der Waals surface area contributed by atoms with Gasteiger partial charge in [-0.15, -0.1) is 6.58 Å². The van der Waals surface area contributed by atoms with Crippen molar-refractivity contribution in [2.75, 3.05) is 19.6 Å². The van der Waals surface area contributed by atoms with Gasteiger partial charge in [-0.25, -0.2) is 0 Å². The zero-order valence-electron chi connectivity index (χ0n) is 11.4. The van der Waals surface area contributed by atoms with Crippen LogP contribution in [-0.4, -0.2) is 36.5 Å². The number of carbonyl (C=O) groups is 1. The van der Waals surface area contributed by atoms with Crippen LogP contribution in [-0.2, 0) is 4.79 Å². The van der Waals surface area contributed by atoms with Crippen molar-refractivity contribution < 1.29 is 4.79 Å². The minimum Gasteiger partial charge on any atom is -0.352 e. The van der Waals surface area contributed by atoms with E-state index in [-0.39, 0.29) is 5.91 Å². The third-order valence-electron chi connectivity index (χ3n) is 4.20. The predicted octanol–water partition coefficient (Wildman–Crippen LogP) is 2.33. The van der Waals surface area contributed by atoms with Crippen LogP contribution >= 0.6 is 0 Å². The Hall–Kier alpha value is -0.830. The Morgan fingerprint density at radius 3 is 2.83 bits per heavy atom. The lowest BCUT2D eigenvalue weighted by molar-refractivity contribution is -0.121. The number of hydrogen-bond acceptors (Lipinski definition) is 2. The van der Waals surface area contributed by atoms with Crippen molar-refractivity contribution in [3.05, 3.63) is 12.7 Å². The molecule has 2 aliphatic rings. The SMILES string of the molecule is C=CCCC(=O)N[C@@H]1CCN(CC2CCCC2)C1. The Bertz CT molecular complexity index is 284. The van der Waals surface area contributed by atoms with Crippen molar-refractivity contribution in [2.24, 2.45) is 5.92 Å². The van der Waals surface area contributed by atoms with Crippen molar-refractivity contribution in [1.29, 1.82) is 0 Å². The molecule has 3 nitrogen and oxygen atoms in total. The third kappa shape index (κ3) is 4.13. The predicted molar refractivity (Wildman–Crippen MR) is 74.4 cm³/mol. The third-order valence-corrected chi connectivity index (χ3v) is 4.20. The summed E-state index contributed by atoms with van der Waals surface area (Å²) >= 11 is 0. The van der Waals surface area contributed by atoms with Gasteiger partial charge in [-0.2, -0.15) is 0 Å². The molecule has 1 saturated heterocycles.